The van der Waals surface area contributed by atoms with Crippen molar-refractivity contribution in [3.63, 3.8) is 0 Å². The molecule has 0 radical (unpaired) electrons. The second-order valence-electron chi connectivity index (χ2n) is 3.03. The summed E-state index contributed by atoms with van der Waals surface area (Å²) in [6, 6.07) is 1.12. The SMILES string of the molecule is C#CCCNS(=O)(=O)c1cnccc1C(=O)O. The minimum Gasteiger partial charge on any atom is -0.478 e. The Bertz CT molecular complexity index is 560. The first-order valence-electron chi connectivity index (χ1n) is 4.59. The maximum Gasteiger partial charge on any atom is 0.337 e. The van der Waals surface area contributed by atoms with Gasteiger partial charge in [0, 0.05) is 25.4 Å². The maximum absolute atomic E-state index is 11.7. The van der Waals surface area contributed by atoms with Crippen LogP contribution in [-0.2, 0) is 10.0 Å². The molecule has 0 aliphatic heterocycles. The first kappa shape index (κ1) is 13.2. The standard InChI is InChI=1S/C10H10N2O4S/c1-2-3-5-12-17(15,16)9-7-11-6-4-8(9)10(13)14/h1,4,6-7,12H,3,5H2,(H,13,14). The number of pyridine rings is 1. The van der Waals surface area contributed by atoms with Crippen LogP contribution < -0.4 is 4.72 Å². The predicted octanol–water partition coefficient (Wildman–Crippen LogP) is 0.0814. The Morgan fingerprint density at radius 1 is 1.59 bits per heavy atom. The van der Waals surface area contributed by atoms with Crippen molar-refractivity contribution < 1.29 is 18.3 Å². The lowest BCUT2D eigenvalue weighted by Crippen LogP contribution is -2.26. The summed E-state index contributed by atoms with van der Waals surface area (Å²) in [5.41, 5.74) is -0.326. The molecule has 6 nitrogen and oxygen atoms in total. The highest BCUT2D eigenvalue weighted by molar-refractivity contribution is 7.89. The van der Waals surface area contributed by atoms with Crippen LogP contribution in [0, 0.1) is 12.3 Å². The van der Waals surface area contributed by atoms with Crippen molar-refractivity contribution in [3.8, 4) is 12.3 Å². The van der Waals surface area contributed by atoms with Crippen molar-refractivity contribution in [2.24, 2.45) is 0 Å². The van der Waals surface area contributed by atoms with Crippen LogP contribution in [0.2, 0.25) is 0 Å². The Morgan fingerprint density at radius 3 is 2.88 bits per heavy atom. The highest BCUT2D eigenvalue weighted by Crippen LogP contribution is 2.13. The molecule has 0 bridgehead atoms. The first-order valence-corrected chi connectivity index (χ1v) is 6.08. The Labute approximate surface area is 98.7 Å². The molecule has 1 aromatic rings. The van der Waals surface area contributed by atoms with E-state index in [4.69, 9.17) is 11.5 Å². The van der Waals surface area contributed by atoms with Crippen LogP contribution in [0.1, 0.15) is 16.8 Å². The monoisotopic (exact) mass is 254 g/mol. The van der Waals surface area contributed by atoms with Crippen LogP contribution in [-0.4, -0.2) is 31.0 Å². The minimum atomic E-state index is -3.90. The van der Waals surface area contributed by atoms with Gasteiger partial charge in [-0.15, -0.1) is 12.3 Å². The number of carboxylic acid groups (broad SMARTS) is 1. The Hall–Kier alpha value is -1.91. The van der Waals surface area contributed by atoms with Gasteiger partial charge in [-0.25, -0.2) is 17.9 Å². The van der Waals surface area contributed by atoms with E-state index in [1.54, 1.807) is 0 Å². The number of carboxylic acids is 1. The van der Waals surface area contributed by atoms with Crippen LogP contribution in [0.3, 0.4) is 0 Å². The van der Waals surface area contributed by atoms with E-state index in [9.17, 15) is 13.2 Å². The summed E-state index contributed by atoms with van der Waals surface area (Å²) in [5.74, 6) is 0.941. The molecule has 17 heavy (non-hydrogen) atoms. The van der Waals surface area contributed by atoms with E-state index in [0.29, 0.717) is 0 Å². The third-order valence-electron chi connectivity index (χ3n) is 1.87. The van der Waals surface area contributed by atoms with Gasteiger partial charge in [0.1, 0.15) is 4.90 Å². The van der Waals surface area contributed by atoms with Crippen LogP contribution in [0.4, 0.5) is 0 Å². The van der Waals surface area contributed by atoms with Gasteiger partial charge in [-0.1, -0.05) is 0 Å². The van der Waals surface area contributed by atoms with Gasteiger partial charge >= 0.3 is 5.97 Å². The second kappa shape index (κ2) is 5.43. The summed E-state index contributed by atoms with van der Waals surface area (Å²) < 4.78 is 25.7. The van der Waals surface area contributed by atoms with Gasteiger partial charge in [0.25, 0.3) is 0 Å². The smallest absolute Gasteiger partial charge is 0.337 e. The van der Waals surface area contributed by atoms with Gasteiger partial charge in [0.15, 0.2) is 0 Å². The van der Waals surface area contributed by atoms with E-state index >= 15 is 0 Å². The van der Waals surface area contributed by atoms with Gasteiger partial charge in [-0.05, 0) is 6.07 Å². The van der Waals surface area contributed by atoms with Crippen molar-refractivity contribution in [3.05, 3.63) is 24.0 Å². The lowest BCUT2D eigenvalue weighted by atomic mass is 10.3. The summed E-state index contributed by atoms with van der Waals surface area (Å²) in [7, 11) is -3.90. The molecule has 0 atom stereocenters. The average Bonchev–Trinajstić information content (AvgIpc) is 2.29. The molecule has 0 aliphatic carbocycles. The van der Waals surface area contributed by atoms with E-state index in [0.717, 1.165) is 12.3 Å². The number of sulfonamides is 1. The van der Waals surface area contributed by atoms with Gasteiger partial charge in [0.2, 0.25) is 10.0 Å². The Balaban J connectivity index is 3.07. The van der Waals surface area contributed by atoms with E-state index in [1.807, 2.05) is 0 Å². The molecule has 0 fully saturated rings. The van der Waals surface area contributed by atoms with Crippen LogP contribution in [0.15, 0.2) is 23.4 Å². The largest absolute Gasteiger partial charge is 0.478 e. The fourth-order valence-electron chi connectivity index (χ4n) is 1.11. The molecule has 90 valence electrons. The maximum atomic E-state index is 11.7. The Morgan fingerprint density at radius 2 is 2.29 bits per heavy atom. The molecule has 0 saturated carbocycles. The van der Waals surface area contributed by atoms with Gasteiger partial charge in [0.05, 0.1) is 5.56 Å². The van der Waals surface area contributed by atoms with Crippen molar-refractivity contribution in [2.75, 3.05) is 6.54 Å². The van der Waals surface area contributed by atoms with Gasteiger partial charge in [-0.3, -0.25) is 4.98 Å². The summed E-state index contributed by atoms with van der Waals surface area (Å²) in [5, 5.41) is 8.85. The molecular weight excluding hydrogens is 244 g/mol. The van der Waals surface area contributed by atoms with Crippen molar-refractivity contribution in [1.29, 1.82) is 0 Å². The molecular formula is C10H10N2O4S. The van der Waals surface area contributed by atoms with Crippen molar-refractivity contribution >= 4 is 16.0 Å². The molecule has 0 saturated heterocycles. The third kappa shape index (κ3) is 3.27. The van der Waals surface area contributed by atoms with Crippen LogP contribution >= 0.6 is 0 Å². The molecule has 1 aromatic heterocycles. The normalized spacial score (nSPS) is 10.8. The predicted molar refractivity (Wildman–Crippen MR) is 59.8 cm³/mol. The van der Waals surface area contributed by atoms with E-state index < -0.39 is 16.0 Å². The summed E-state index contributed by atoms with van der Waals surface area (Å²) >= 11 is 0. The molecule has 0 amide bonds. The Kier molecular flexibility index (Phi) is 4.20. The number of nitrogens with one attached hydrogen (secondary N) is 1. The first-order chi connectivity index (χ1) is 7.99. The van der Waals surface area contributed by atoms with E-state index in [1.165, 1.54) is 6.20 Å². The minimum absolute atomic E-state index is 0.0484. The number of aromatic carboxylic acids is 1. The zero-order chi connectivity index (χ0) is 12.9. The number of hydrogen-bond donors (Lipinski definition) is 2. The van der Waals surface area contributed by atoms with Crippen molar-refractivity contribution in [2.45, 2.75) is 11.3 Å². The fourth-order valence-corrected chi connectivity index (χ4v) is 2.28. The molecule has 2 N–H and O–H groups in total. The van der Waals surface area contributed by atoms with E-state index in [-0.39, 0.29) is 23.4 Å². The van der Waals surface area contributed by atoms with Gasteiger partial charge < -0.3 is 5.11 Å². The highest BCUT2D eigenvalue weighted by Gasteiger charge is 2.21. The number of carbonyl (C=O) groups is 1. The molecule has 7 heteroatoms. The quantitative estimate of drug-likeness (QED) is 0.573. The fraction of sp³-hybridized carbons (Fsp3) is 0.200. The number of rotatable bonds is 5. The molecule has 0 unspecified atom stereocenters. The lowest BCUT2D eigenvalue weighted by Gasteiger charge is -2.07. The topological polar surface area (TPSA) is 96.4 Å². The number of aromatic nitrogens is 1. The number of nitrogens with zero attached hydrogens (tertiary/aromatic N) is 1. The molecule has 0 aromatic carbocycles. The second-order valence-corrected chi connectivity index (χ2v) is 4.76. The third-order valence-corrected chi connectivity index (χ3v) is 3.35. The van der Waals surface area contributed by atoms with Crippen LogP contribution in [0.25, 0.3) is 0 Å². The molecule has 1 heterocycles. The summed E-state index contributed by atoms with van der Waals surface area (Å²) in [4.78, 5) is 14.1. The molecule has 0 aliphatic rings. The number of hydrogen-bond acceptors (Lipinski definition) is 4. The zero-order valence-corrected chi connectivity index (χ0v) is 9.57. The highest BCUT2D eigenvalue weighted by atomic mass is 32.2. The lowest BCUT2D eigenvalue weighted by molar-refractivity contribution is 0.0692. The summed E-state index contributed by atoms with van der Waals surface area (Å²) in [6.07, 6.45) is 7.41. The van der Waals surface area contributed by atoms with Crippen molar-refractivity contribution in [1.82, 2.24) is 9.71 Å². The average molecular weight is 254 g/mol. The molecule has 1 rings (SSSR count). The summed E-state index contributed by atoms with van der Waals surface area (Å²) in [6.45, 7) is 0.0484. The number of terminal acetylenes is 1. The van der Waals surface area contributed by atoms with E-state index in [2.05, 4.69) is 15.6 Å². The molecule has 0 spiro atoms. The van der Waals surface area contributed by atoms with Gasteiger partial charge in [-0.2, -0.15) is 0 Å². The van der Waals surface area contributed by atoms with Crippen LogP contribution in [0.5, 0.6) is 0 Å². The zero-order valence-electron chi connectivity index (χ0n) is 8.75.